The highest BCUT2D eigenvalue weighted by Gasteiger charge is 2.23. The van der Waals surface area contributed by atoms with Gasteiger partial charge in [-0.2, -0.15) is 0 Å². The smallest absolute Gasteiger partial charge is 0.192 e. The Morgan fingerprint density at radius 3 is 2.84 bits per heavy atom. The number of nitrogens with one attached hydrogen (secondary N) is 1. The fraction of sp³-hybridized carbons (Fsp3) is 0.261. The second-order valence-corrected chi connectivity index (χ2v) is 8.90. The van der Waals surface area contributed by atoms with E-state index in [1.165, 1.54) is 11.8 Å². The first-order chi connectivity index (χ1) is 15.2. The molecule has 2 aromatic heterocycles. The molecule has 8 heteroatoms. The van der Waals surface area contributed by atoms with Crippen LogP contribution in [0.4, 0.5) is 0 Å². The zero-order valence-corrected chi connectivity index (χ0v) is 18.3. The fourth-order valence-electron chi connectivity index (χ4n) is 3.87. The minimum Gasteiger partial charge on any atom is -0.376 e. The van der Waals surface area contributed by atoms with Crippen molar-refractivity contribution in [3.05, 3.63) is 65.3 Å². The van der Waals surface area contributed by atoms with Gasteiger partial charge in [0.05, 0.1) is 18.4 Å². The number of fused-ring (bicyclic) bond motifs is 1. The van der Waals surface area contributed by atoms with Crippen molar-refractivity contribution in [1.29, 1.82) is 0 Å². The molecule has 1 aliphatic heterocycles. The van der Waals surface area contributed by atoms with E-state index < -0.39 is 0 Å². The minimum absolute atomic E-state index is 0.0576. The van der Waals surface area contributed by atoms with Crippen molar-refractivity contribution in [3.63, 3.8) is 0 Å². The third-order valence-electron chi connectivity index (χ3n) is 5.45. The molecule has 0 unspecified atom stereocenters. The van der Waals surface area contributed by atoms with Crippen LogP contribution < -0.4 is 0 Å². The summed E-state index contributed by atoms with van der Waals surface area (Å²) in [6.07, 6.45) is 3.98. The number of hydrogen-bond donors (Lipinski definition) is 1. The van der Waals surface area contributed by atoms with Crippen LogP contribution in [0.3, 0.4) is 0 Å². The van der Waals surface area contributed by atoms with Gasteiger partial charge in [0.15, 0.2) is 16.8 Å². The second-order valence-electron chi connectivity index (χ2n) is 7.52. The Morgan fingerprint density at radius 2 is 2.03 bits per heavy atom. The van der Waals surface area contributed by atoms with Crippen LogP contribution in [0.5, 0.6) is 0 Å². The molecule has 5 rings (SSSR count). The highest BCUT2D eigenvalue weighted by molar-refractivity contribution is 7.99. The van der Waals surface area contributed by atoms with Crippen LogP contribution in [0.15, 0.2) is 59.9 Å². The van der Waals surface area contributed by atoms with E-state index >= 15 is 0 Å². The molecule has 0 amide bonds. The number of Topliss-reactive ketones (excluding diaryl/α,β-unsaturated/α-hetero) is 1. The number of halogens is 1. The summed E-state index contributed by atoms with van der Waals surface area (Å²) in [7, 11) is 0. The second kappa shape index (κ2) is 8.86. The lowest BCUT2D eigenvalue weighted by Gasteiger charge is -2.14. The third kappa shape index (κ3) is 4.26. The molecule has 4 aromatic rings. The molecule has 0 saturated carbocycles. The highest BCUT2D eigenvalue weighted by Crippen LogP contribution is 2.28. The van der Waals surface area contributed by atoms with E-state index in [9.17, 15) is 4.79 Å². The molecule has 6 nitrogen and oxygen atoms in total. The highest BCUT2D eigenvalue weighted by atomic mass is 35.5. The Kier molecular flexibility index (Phi) is 5.80. The fourth-order valence-corrected chi connectivity index (χ4v) is 4.83. The molecule has 1 atom stereocenters. The third-order valence-corrected chi connectivity index (χ3v) is 6.67. The van der Waals surface area contributed by atoms with Crippen molar-refractivity contribution in [2.45, 2.75) is 30.6 Å². The summed E-state index contributed by atoms with van der Waals surface area (Å²) in [6, 6.07) is 15.4. The van der Waals surface area contributed by atoms with E-state index in [1.807, 2.05) is 48.5 Å². The van der Waals surface area contributed by atoms with Gasteiger partial charge in [-0.3, -0.25) is 9.36 Å². The number of rotatable bonds is 7. The van der Waals surface area contributed by atoms with Crippen molar-refractivity contribution in [2.24, 2.45) is 0 Å². The maximum Gasteiger partial charge on any atom is 0.192 e. The van der Waals surface area contributed by atoms with Crippen LogP contribution in [0, 0.1) is 0 Å². The Morgan fingerprint density at radius 1 is 1.19 bits per heavy atom. The zero-order chi connectivity index (χ0) is 21.2. The molecule has 0 bridgehead atoms. The van der Waals surface area contributed by atoms with Crippen LogP contribution in [-0.4, -0.2) is 44.0 Å². The number of aromatic nitrogens is 4. The average molecular weight is 453 g/mol. The monoisotopic (exact) mass is 452 g/mol. The largest absolute Gasteiger partial charge is 0.376 e. The van der Waals surface area contributed by atoms with Gasteiger partial charge in [-0.05, 0) is 43.2 Å². The van der Waals surface area contributed by atoms with Gasteiger partial charge < -0.3 is 9.72 Å². The number of carbonyl (C=O) groups is 1. The van der Waals surface area contributed by atoms with Gasteiger partial charge in [0.25, 0.3) is 0 Å². The first kappa shape index (κ1) is 20.3. The van der Waals surface area contributed by atoms with Crippen LogP contribution in [0.1, 0.15) is 23.2 Å². The van der Waals surface area contributed by atoms with Crippen LogP contribution in [-0.2, 0) is 11.3 Å². The number of ether oxygens (including phenoxy) is 1. The predicted molar refractivity (Wildman–Crippen MR) is 123 cm³/mol. The van der Waals surface area contributed by atoms with Crippen molar-refractivity contribution < 1.29 is 9.53 Å². The standard InChI is InChI=1S/C23H21ClN4O2S/c24-16-9-7-15(8-10-16)22-26-27-23(28(22)13-17-4-3-11-30-17)31-14-21(29)19-12-25-20-6-2-1-5-18(19)20/h1-2,5-10,12,17,25H,3-4,11,13-14H2/t17-/m1/s1. The van der Waals surface area contributed by atoms with Gasteiger partial charge in [0.2, 0.25) is 0 Å². The van der Waals surface area contributed by atoms with E-state index in [1.54, 1.807) is 6.20 Å². The Hall–Kier alpha value is -2.61. The molecular weight excluding hydrogens is 432 g/mol. The zero-order valence-electron chi connectivity index (χ0n) is 16.8. The summed E-state index contributed by atoms with van der Waals surface area (Å²) in [6.45, 7) is 1.44. The molecule has 2 aromatic carbocycles. The number of nitrogens with zero attached hydrogens (tertiary/aromatic N) is 3. The molecule has 1 fully saturated rings. The van der Waals surface area contributed by atoms with Gasteiger partial charge in [0.1, 0.15) is 0 Å². The van der Waals surface area contributed by atoms with Gasteiger partial charge >= 0.3 is 0 Å². The van der Waals surface area contributed by atoms with Crippen molar-refractivity contribution in [3.8, 4) is 11.4 Å². The number of ketones is 1. The van der Waals surface area contributed by atoms with Crippen molar-refractivity contribution >= 4 is 40.0 Å². The number of H-pyrrole nitrogens is 1. The molecule has 0 aliphatic carbocycles. The lowest BCUT2D eigenvalue weighted by molar-refractivity contribution is 0.0953. The summed E-state index contributed by atoms with van der Waals surface area (Å²) < 4.78 is 7.91. The predicted octanol–water partition coefficient (Wildman–Crippen LogP) is 5.23. The topological polar surface area (TPSA) is 72.8 Å². The molecule has 1 N–H and O–H groups in total. The lowest BCUT2D eigenvalue weighted by atomic mass is 10.1. The molecular formula is C23H21ClN4O2S. The maximum atomic E-state index is 12.9. The summed E-state index contributed by atoms with van der Waals surface area (Å²) in [5, 5.41) is 11.2. The quantitative estimate of drug-likeness (QED) is 0.307. The van der Waals surface area contributed by atoms with E-state index in [0.29, 0.717) is 22.3 Å². The van der Waals surface area contributed by atoms with Crippen LogP contribution >= 0.6 is 23.4 Å². The summed E-state index contributed by atoms with van der Waals surface area (Å²) in [4.78, 5) is 16.1. The summed E-state index contributed by atoms with van der Waals surface area (Å²) in [5.41, 5.74) is 2.60. The number of para-hydroxylation sites is 1. The number of benzene rings is 2. The summed E-state index contributed by atoms with van der Waals surface area (Å²) >= 11 is 7.46. The van der Waals surface area contributed by atoms with Crippen LogP contribution in [0.25, 0.3) is 22.3 Å². The van der Waals surface area contributed by atoms with Gasteiger partial charge in [-0.25, -0.2) is 0 Å². The van der Waals surface area contributed by atoms with Crippen molar-refractivity contribution in [1.82, 2.24) is 19.7 Å². The van der Waals surface area contributed by atoms with Gasteiger partial charge in [-0.15, -0.1) is 10.2 Å². The average Bonchev–Trinajstić information content (AvgIpc) is 3.53. The number of aromatic amines is 1. The molecule has 0 radical (unpaired) electrons. The molecule has 31 heavy (non-hydrogen) atoms. The normalized spacial score (nSPS) is 16.2. The SMILES string of the molecule is O=C(CSc1nnc(-c2ccc(Cl)cc2)n1C[C@H]1CCCO1)c1c[nH]c2ccccc12. The molecule has 1 aliphatic rings. The van der Waals surface area contributed by atoms with Crippen molar-refractivity contribution in [2.75, 3.05) is 12.4 Å². The van der Waals surface area contributed by atoms with Gasteiger partial charge in [-0.1, -0.05) is 41.6 Å². The van der Waals surface area contributed by atoms with E-state index in [4.69, 9.17) is 16.3 Å². The molecule has 158 valence electrons. The minimum atomic E-state index is 0.0576. The van der Waals surface area contributed by atoms with E-state index in [2.05, 4.69) is 19.7 Å². The number of carbonyl (C=O) groups excluding carboxylic acids is 1. The lowest BCUT2D eigenvalue weighted by Crippen LogP contribution is -2.17. The van der Waals surface area contributed by atoms with E-state index in [0.717, 1.165) is 41.7 Å². The Balaban J connectivity index is 1.40. The van der Waals surface area contributed by atoms with Gasteiger partial charge in [0, 0.05) is 39.9 Å². The number of hydrogen-bond acceptors (Lipinski definition) is 5. The Bertz CT molecular complexity index is 1210. The molecule has 1 saturated heterocycles. The number of thioether (sulfide) groups is 1. The molecule has 3 heterocycles. The molecule has 0 spiro atoms. The summed E-state index contributed by atoms with van der Waals surface area (Å²) in [5.74, 6) is 1.10. The Labute approximate surface area is 189 Å². The maximum absolute atomic E-state index is 12.9. The first-order valence-corrected chi connectivity index (χ1v) is 11.6. The first-order valence-electron chi connectivity index (χ1n) is 10.2. The van der Waals surface area contributed by atoms with E-state index in [-0.39, 0.29) is 17.6 Å². The van der Waals surface area contributed by atoms with Crippen LogP contribution in [0.2, 0.25) is 5.02 Å².